The molecule has 1 atom stereocenters. The minimum Gasteiger partial charge on any atom is -0.383 e. The fourth-order valence-electron chi connectivity index (χ4n) is 1.47. The van der Waals surface area contributed by atoms with Gasteiger partial charge in [0.05, 0.1) is 24.9 Å². The monoisotopic (exact) mass is 233 g/mol. The molecule has 1 unspecified atom stereocenters. The van der Waals surface area contributed by atoms with E-state index in [-0.39, 0.29) is 6.04 Å². The summed E-state index contributed by atoms with van der Waals surface area (Å²) in [6.07, 6.45) is -0.569. The number of nitrogens with one attached hydrogen (secondary N) is 1. The number of imidazole rings is 1. The van der Waals surface area contributed by atoms with Crippen LogP contribution in [0.15, 0.2) is 6.20 Å². The number of aromatic nitrogens is 2. The highest BCUT2D eigenvalue weighted by molar-refractivity contribution is 5.29. The Morgan fingerprint density at radius 2 is 2.25 bits per heavy atom. The number of ether oxygens (including phenoxy) is 1. The molecule has 0 fully saturated rings. The maximum Gasteiger partial charge on any atom is 0.255 e. The van der Waals surface area contributed by atoms with E-state index in [1.165, 1.54) is 0 Å². The van der Waals surface area contributed by atoms with Gasteiger partial charge in [-0.3, -0.25) is 0 Å². The van der Waals surface area contributed by atoms with Gasteiger partial charge in [-0.1, -0.05) is 0 Å². The van der Waals surface area contributed by atoms with Gasteiger partial charge in [0.2, 0.25) is 5.95 Å². The standard InChI is InChI=1S/C10H17F2N3O/c1-7-5-15(8(2)6-16-3)10(14-7)13-4-9(11)12/h5,8-9H,4,6H2,1-3H3,(H,13,14). The van der Waals surface area contributed by atoms with Crippen molar-refractivity contribution in [3.63, 3.8) is 0 Å². The van der Waals surface area contributed by atoms with Crippen LogP contribution in [0.5, 0.6) is 0 Å². The summed E-state index contributed by atoms with van der Waals surface area (Å²) in [6, 6.07) is 0.0615. The predicted molar refractivity (Wildman–Crippen MR) is 58.0 cm³/mol. The predicted octanol–water partition coefficient (Wildman–Crippen LogP) is 2.08. The third-order valence-electron chi connectivity index (χ3n) is 2.15. The molecule has 0 aliphatic carbocycles. The molecule has 4 nitrogen and oxygen atoms in total. The average Bonchev–Trinajstić information content (AvgIpc) is 2.57. The molecule has 1 heterocycles. The lowest BCUT2D eigenvalue weighted by atomic mass is 10.3. The molecule has 0 saturated carbocycles. The average molecular weight is 233 g/mol. The van der Waals surface area contributed by atoms with Crippen LogP contribution in [0.2, 0.25) is 0 Å². The van der Waals surface area contributed by atoms with Crippen molar-refractivity contribution in [2.45, 2.75) is 26.3 Å². The third kappa shape index (κ3) is 3.44. The highest BCUT2D eigenvalue weighted by atomic mass is 19.3. The van der Waals surface area contributed by atoms with Gasteiger partial charge in [-0.2, -0.15) is 0 Å². The highest BCUT2D eigenvalue weighted by Crippen LogP contribution is 2.16. The lowest BCUT2D eigenvalue weighted by Crippen LogP contribution is -2.17. The van der Waals surface area contributed by atoms with Gasteiger partial charge in [0.1, 0.15) is 0 Å². The van der Waals surface area contributed by atoms with Crippen LogP contribution in [0.25, 0.3) is 0 Å². The van der Waals surface area contributed by atoms with E-state index in [0.717, 1.165) is 5.69 Å². The molecule has 0 amide bonds. The largest absolute Gasteiger partial charge is 0.383 e. The molecule has 1 N–H and O–H groups in total. The Morgan fingerprint density at radius 3 is 2.81 bits per heavy atom. The summed E-state index contributed by atoms with van der Waals surface area (Å²) in [5.74, 6) is 0.461. The van der Waals surface area contributed by atoms with E-state index < -0.39 is 13.0 Å². The number of aryl methyl sites for hydroxylation is 1. The van der Waals surface area contributed by atoms with Gasteiger partial charge in [-0.05, 0) is 13.8 Å². The maximum absolute atomic E-state index is 12.1. The summed E-state index contributed by atoms with van der Waals surface area (Å²) in [7, 11) is 1.60. The van der Waals surface area contributed by atoms with Gasteiger partial charge in [0, 0.05) is 13.3 Å². The molecule has 0 bridgehead atoms. The summed E-state index contributed by atoms with van der Waals surface area (Å²) < 4.78 is 31.0. The van der Waals surface area contributed by atoms with Crippen molar-refractivity contribution in [3.05, 3.63) is 11.9 Å². The number of anilines is 1. The van der Waals surface area contributed by atoms with E-state index >= 15 is 0 Å². The molecule has 1 aromatic heterocycles. The van der Waals surface area contributed by atoms with Crippen LogP contribution in [0.4, 0.5) is 14.7 Å². The second-order valence-electron chi connectivity index (χ2n) is 3.69. The maximum atomic E-state index is 12.1. The molecule has 1 rings (SSSR count). The van der Waals surface area contributed by atoms with E-state index in [9.17, 15) is 8.78 Å². The first-order valence-corrected chi connectivity index (χ1v) is 5.11. The van der Waals surface area contributed by atoms with Crippen molar-refractivity contribution >= 4 is 5.95 Å². The minimum absolute atomic E-state index is 0.0615. The molecule has 0 aromatic carbocycles. The highest BCUT2D eigenvalue weighted by Gasteiger charge is 2.12. The Balaban J connectivity index is 2.74. The van der Waals surface area contributed by atoms with E-state index in [1.807, 2.05) is 20.0 Å². The number of alkyl halides is 2. The molecule has 1 aromatic rings. The molecule has 6 heteroatoms. The number of halogens is 2. The van der Waals surface area contributed by atoms with Gasteiger partial charge in [-0.15, -0.1) is 0 Å². The van der Waals surface area contributed by atoms with Crippen molar-refractivity contribution in [2.75, 3.05) is 25.6 Å². The fourth-order valence-corrected chi connectivity index (χ4v) is 1.47. The van der Waals surface area contributed by atoms with Crippen molar-refractivity contribution < 1.29 is 13.5 Å². The Hall–Kier alpha value is -1.17. The summed E-state index contributed by atoms with van der Waals surface area (Å²) in [6.45, 7) is 3.89. The summed E-state index contributed by atoms with van der Waals surface area (Å²) >= 11 is 0. The van der Waals surface area contributed by atoms with Crippen molar-refractivity contribution in [1.29, 1.82) is 0 Å². The summed E-state index contributed by atoms with van der Waals surface area (Å²) in [4.78, 5) is 4.15. The van der Waals surface area contributed by atoms with Crippen LogP contribution < -0.4 is 5.32 Å². The summed E-state index contributed by atoms with van der Waals surface area (Å²) in [5.41, 5.74) is 0.791. The smallest absolute Gasteiger partial charge is 0.255 e. The number of hydrogen-bond donors (Lipinski definition) is 1. The lowest BCUT2D eigenvalue weighted by Gasteiger charge is -2.15. The van der Waals surface area contributed by atoms with Crippen molar-refractivity contribution in [3.8, 4) is 0 Å². The normalized spacial score (nSPS) is 13.1. The second kappa shape index (κ2) is 5.79. The van der Waals surface area contributed by atoms with Crippen LogP contribution in [0, 0.1) is 6.92 Å². The molecule has 0 saturated heterocycles. The molecule has 0 radical (unpaired) electrons. The topological polar surface area (TPSA) is 39.1 Å². The second-order valence-corrected chi connectivity index (χ2v) is 3.69. The SMILES string of the molecule is COCC(C)n1cc(C)nc1NCC(F)F. The van der Waals surface area contributed by atoms with E-state index in [1.54, 1.807) is 11.7 Å². The molecule has 0 aliphatic heterocycles. The lowest BCUT2D eigenvalue weighted by molar-refractivity contribution is 0.159. The fraction of sp³-hybridized carbons (Fsp3) is 0.700. The Bertz CT molecular complexity index is 328. The molecule has 92 valence electrons. The van der Waals surface area contributed by atoms with Crippen LogP contribution in [0.3, 0.4) is 0 Å². The first-order valence-electron chi connectivity index (χ1n) is 5.11. The first-order chi connectivity index (χ1) is 7.54. The van der Waals surface area contributed by atoms with E-state index in [0.29, 0.717) is 12.6 Å². The Morgan fingerprint density at radius 1 is 1.56 bits per heavy atom. The number of nitrogens with zero attached hydrogens (tertiary/aromatic N) is 2. The number of rotatable bonds is 6. The summed E-state index contributed by atoms with van der Waals surface area (Å²) in [5, 5.41) is 2.62. The quantitative estimate of drug-likeness (QED) is 0.817. The number of methoxy groups -OCH3 is 1. The minimum atomic E-state index is -2.39. The van der Waals surface area contributed by atoms with Crippen LogP contribution in [-0.2, 0) is 4.74 Å². The van der Waals surface area contributed by atoms with E-state index in [4.69, 9.17) is 4.74 Å². The molecular weight excluding hydrogens is 216 g/mol. The van der Waals surface area contributed by atoms with Gasteiger partial charge < -0.3 is 14.6 Å². The molecule has 16 heavy (non-hydrogen) atoms. The molecule has 0 aliphatic rings. The zero-order valence-electron chi connectivity index (χ0n) is 9.70. The third-order valence-corrected chi connectivity index (χ3v) is 2.15. The zero-order chi connectivity index (χ0) is 12.1. The van der Waals surface area contributed by atoms with Crippen LogP contribution in [0.1, 0.15) is 18.7 Å². The van der Waals surface area contributed by atoms with Crippen molar-refractivity contribution in [2.24, 2.45) is 0 Å². The number of hydrogen-bond acceptors (Lipinski definition) is 3. The van der Waals surface area contributed by atoms with Gasteiger partial charge in [0.25, 0.3) is 6.43 Å². The van der Waals surface area contributed by atoms with Crippen LogP contribution in [-0.4, -0.2) is 36.2 Å². The zero-order valence-corrected chi connectivity index (χ0v) is 9.70. The Labute approximate surface area is 93.6 Å². The van der Waals surface area contributed by atoms with Gasteiger partial charge >= 0.3 is 0 Å². The molecule has 0 spiro atoms. The van der Waals surface area contributed by atoms with Crippen molar-refractivity contribution in [1.82, 2.24) is 9.55 Å². The van der Waals surface area contributed by atoms with Crippen LogP contribution >= 0.6 is 0 Å². The van der Waals surface area contributed by atoms with Gasteiger partial charge in [-0.25, -0.2) is 13.8 Å². The van der Waals surface area contributed by atoms with Gasteiger partial charge in [0.15, 0.2) is 0 Å². The van der Waals surface area contributed by atoms with E-state index in [2.05, 4.69) is 10.3 Å². The Kier molecular flexibility index (Phi) is 4.67. The first kappa shape index (κ1) is 12.9. The molecular formula is C10H17F2N3O.